The number of rotatable bonds is 7. The summed E-state index contributed by atoms with van der Waals surface area (Å²) in [7, 11) is 0. The highest BCUT2D eigenvalue weighted by Crippen LogP contribution is 2.26. The zero-order valence-corrected chi connectivity index (χ0v) is 18.5. The van der Waals surface area contributed by atoms with Crippen molar-refractivity contribution in [2.45, 2.75) is 27.3 Å². The fourth-order valence-corrected chi connectivity index (χ4v) is 3.33. The molecule has 0 saturated carbocycles. The summed E-state index contributed by atoms with van der Waals surface area (Å²) in [6, 6.07) is 13.5. The Hall–Kier alpha value is -4.06. The molecule has 1 aromatic carbocycles. The molecule has 0 saturated heterocycles. The maximum absolute atomic E-state index is 11.7. The van der Waals surface area contributed by atoms with Crippen molar-refractivity contribution in [3.8, 4) is 11.1 Å². The lowest BCUT2D eigenvalue weighted by molar-refractivity contribution is -0.116. The Labute approximate surface area is 187 Å². The van der Waals surface area contributed by atoms with Gasteiger partial charge in [0.2, 0.25) is 6.41 Å². The normalized spacial score (nSPS) is 10.6. The molecule has 4 rings (SSSR count). The Balaban J connectivity index is 0.00000141. The quantitative estimate of drug-likeness (QED) is 0.382. The summed E-state index contributed by atoms with van der Waals surface area (Å²) < 4.78 is 1.78. The van der Waals surface area contributed by atoms with E-state index >= 15 is 0 Å². The van der Waals surface area contributed by atoms with Crippen molar-refractivity contribution in [3.05, 3.63) is 95.8 Å². The van der Waals surface area contributed by atoms with Crippen LogP contribution in [0.2, 0.25) is 0 Å². The predicted molar refractivity (Wildman–Crippen MR) is 127 cm³/mol. The van der Waals surface area contributed by atoms with Gasteiger partial charge in [0.25, 0.3) is 0 Å². The van der Waals surface area contributed by atoms with Crippen molar-refractivity contribution in [2.75, 3.05) is 0 Å². The smallest absolute Gasteiger partial charge is 0.214 e. The number of aryl methyl sites for hydroxylation is 1. The van der Waals surface area contributed by atoms with Gasteiger partial charge in [-0.15, -0.1) is 0 Å². The summed E-state index contributed by atoms with van der Waals surface area (Å²) >= 11 is 0. The molecule has 0 fully saturated rings. The number of pyridine rings is 2. The minimum Gasteiger partial charge on any atom is -0.316 e. The van der Waals surface area contributed by atoms with Gasteiger partial charge in [-0.3, -0.25) is 14.6 Å². The van der Waals surface area contributed by atoms with Crippen LogP contribution in [-0.2, 0) is 11.3 Å². The number of benzene rings is 1. The molecule has 0 spiro atoms. The fraction of sp³-hybridized carbons (Fsp3) is 0.154. The Kier molecular flexibility index (Phi) is 7.65. The topological polar surface area (TPSA) is 67.6 Å². The van der Waals surface area contributed by atoms with Gasteiger partial charge in [0.15, 0.2) is 6.29 Å². The van der Waals surface area contributed by atoms with Crippen LogP contribution in [0.1, 0.15) is 41.0 Å². The van der Waals surface area contributed by atoms with E-state index < -0.39 is 0 Å². The number of fused-ring (bicyclic) bond motifs is 1. The standard InChI is InChI=1S/C24H20N4O2.C2H6/c1-18-11-25-12-23(20-5-3-2-4-6-20)22(18)9-10-27(17-30)14-21-15-28-13-19(16-29)7-8-24(28)26-21;1-2/h2-13,15-17H,14H2,1H3;1-2H3/b10-9-;. The third-order valence-corrected chi connectivity index (χ3v) is 4.84. The number of amides is 1. The molecule has 0 aliphatic rings. The van der Waals surface area contributed by atoms with Crippen LogP contribution in [-0.4, -0.2) is 32.0 Å². The molecular formula is C26H26N4O2. The molecule has 6 heteroatoms. The molecule has 32 heavy (non-hydrogen) atoms. The van der Waals surface area contributed by atoms with E-state index in [1.54, 1.807) is 28.9 Å². The van der Waals surface area contributed by atoms with E-state index in [-0.39, 0.29) is 0 Å². The first-order valence-electron chi connectivity index (χ1n) is 10.5. The minimum atomic E-state index is 0.322. The van der Waals surface area contributed by atoms with Crippen molar-refractivity contribution in [1.82, 2.24) is 19.3 Å². The maximum atomic E-state index is 11.7. The molecule has 162 valence electrons. The molecule has 0 bridgehead atoms. The number of aromatic nitrogens is 3. The molecular weight excluding hydrogens is 400 g/mol. The first kappa shape index (κ1) is 22.6. The van der Waals surface area contributed by atoms with E-state index in [1.807, 2.05) is 75.8 Å². The van der Waals surface area contributed by atoms with Gasteiger partial charge in [-0.05, 0) is 41.8 Å². The van der Waals surface area contributed by atoms with Crippen LogP contribution in [0.4, 0.5) is 0 Å². The first-order chi connectivity index (χ1) is 15.7. The van der Waals surface area contributed by atoms with E-state index in [9.17, 15) is 9.59 Å². The molecule has 3 heterocycles. The summed E-state index contributed by atoms with van der Waals surface area (Å²) in [6.07, 6.45) is 12.4. The van der Waals surface area contributed by atoms with Gasteiger partial charge in [-0.25, -0.2) is 4.98 Å². The minimum absolute atomic E-state index is 0.322. The number of aldehydes is 1. The van der Waals surface area contributed by atoms with Crippen molar-refractivity contribution in [3.63, 3.8) is 0 Å². The van der Waals surface area contributed by atoms with Gasteiger partial charge in [0.05, 0.1) is 12.2 Å². The highest BCUT2D eigenvalue weighted by atomic mass is 16.1. The van der Waals surface area contributed by atoms with Crippen LogP contribution in [0.25, 0.3) is 22.9 Å². The average Bonchev–Trinajstić information content (AvgIpc) is 3.25. The summed E-state index contributed by atoms with van der Waals surface area (Å²) in [5.41, 5.74) is 6.12. The Morgan fingerprint density at radius 3 is 2.50 bits per heavy atom. The van der Waals surface area contributed by atoms with Gasteiger partial charge in [0.1, 0.15) is 5.65 Å². The predicted octanol–water partition coefficient (Wildman–Crippen LogP) is 5.17. The molecule has 0 aliphatic carbocycles. The Morgan fingerprint density at radius 1 is 1.00 bits per heavy atom. The van der Waals surface area contributed by atoms with E-state index in [2.05, 4.69) is 9.97 Å². The van der Waals surface area contributed by atoms with Crippen LogP contribution >= 0.6 is 0 Å². The zero-order chi connectivity index (χ0) is 22.9. The molecule has 4 aromatic rings. The lowest BCUT2D eigenvalue weighted by Gasteiger charge is -2.12. The van der Waals surface area contributed by atoms with Gasteiger partial charge in [-0.1, -0.05) is 44.2 Å². The maximum Gasteiger partial charge on any atom is 0.214 e. The number of hydrogen-bond donors (Lipinski definition) is 0. The second-order valence-corrected chi connectivity index (χ2v) is 6.96. The molecule has 3 aromatic heterocycles. The van der Waals surface area contributed by atoms with Crippen LogP contribution in [0.5, 0.6) is 0 Å². The number of carbonyl (C=O) groups is 2. The zero-order valence-electron chi connectivity index (χ0n) is 18.5. The summed E-state index contributed by atoms with van der Waals surface area (Å²) in [5, 5.41) is 0. The number of hydrogen-bond acceptors (Lipinski definition) is 4. The van der Waals surface area contributed by atoms with Gasteiger partial charge in [-0.2, -0.15) is 0 Å². The van der Waals surface area contributed by atoms with Gasteiger partial charge < -0.3 is 9.30 Å². The lowest BCUT2D eigenvalue weighted by Crippen LogP contribution is -2.14. The van der Waals surface area contributed by atoms with E-state index in [4.69, 9.17) is 0 Å². The summed E-state index contributed by atoms with van der Waals surface area (Å²) in [4.78, 5) is 33.0. The molecule has 0 aliphatic heterocycles. The fourth-order valence-electron chi connectivity index (χ4n) is 3.33. The first-order valence-corrected chi connectivity index (χ1v) is 10.5. The summed E-state index contributed by atoms with van der Waals surface area (Å²) in [6.45, 7) is 6.32. The largest absolute Gasteiger partial charge is 0.316 e. The molecule has 1 amide bonds. The SMILES string of the molecule is CC.Cc1cncc(-c2ccccc2)c1/C=C\N(C=O)Cc1cn2cc(C=O)ccc2n1. The van der Waals surface area contributed by atoms with Crippen molar-refractivity contribution in [1.29, 1.82) is 0 Å². The van der Waals surface area contributed by atoms with E-state index in [0.29, 0.717) is 12.1 Å². The second-order valence-electron chi connectivity index (χ2n) is 6.96. The number of carbonyl (C=O) groups excluding carboxylic acids is 2. The average molecular weight is 427 g/mol. The van der Waals surface area contributed by atoms with Crippen molar-refractivity contribution >= 4 is 24.4 Å². The Morgan fingerprint density at radius 2 is 1.78 bits per heavy atom. The Bertz CT molecular complexity index is 1230. The molecule has 0 N–H and O–H groups in total. The van der Waals surface area contributed by atoms with Gasteiger partial charge >= 0.3 is 0 Å². The third-order valence-electron chi connectivity index (χ3n) is 4.84. The number of imidazole rings is 1. The highest BCUT2D eigenvalue weighted by molar-refractivity contribution is 5.76. The monoisotopic (exact) mass is 426 g/mol. The second kappa shape index (κ2) is 10.8. The van der Waals surface area contributed by atoms with Crippen molar-refractivity contribution < 1.29 is 9.59 Å². The van der Waals surface area contributed by atoms with E-state index in [1.165, 1.54) is 4.90 Å². The lowest BCUT2D eigenvalue weighted by atomic mass is 9.99. The van der Waals surface area contributed by atoms with Crippen LogP contribution in [0.3, 0.4) is 0 Å². The van der Waals surface area contributed by atoms with Gasteiger partial charge in [0, 0.05) is 42.1 Å². The summed E-state index contributed by atoms with van der Waals surface area (Å²) in [5.74, 6) is 0. The molecule has 0 radical (unpaired) electrons. The highest BCUT2D eigenvalue weighted by Gasteiger charge is 2.09. The third kappa shape index (κ3) is 5.16. The molecule has 0 atom stereocenters. The van der Waals surface area contributed by atoms with Crippen LogP contribution < -0.4 is 0 Å². The molecule has 6 nitrogen and oxygen atoms in total. The van der Waals surface area contributed by atoms with E-state index in [0.717, 1.165) is 46.3 Å². The van der Waals surface area contributed by atoms with Crippen molar-refractivity contribution in [2.24, 2.45) is 0 Å². The van der Waals surface area contributed by atoms with Crippen LogP contribution in [0, 0.1) is 6.92 Å². The number of nitrogens with zero attached hydrogens (tertiary/aromatic N) is 4. The van der Waals surface area contributed by atoms with Crippen LogP contribution in [0.15, 0.2) is 73.5 Å². The molecule has 0 unspecified atom stereocenters.